The van der Waals surface area contributed by atoms with Gasteiger partial charge in [0.1, 0.15) is 0 Å². The molecule has 1 unspecified atom stereocenters. The van der Waals surface area contributed by atoms with Gasteiger partial charge >= 0.3 is 0 Å². The molecule has 1 amide bonds. The molecule has 3 N–H and O–H groups in total. The normalized spacial score (nSPS) is 11.1. The van der Waals surface area contributed by atoms with Crippen molar-refractivity contribution in [1.29, 1.82) is 0 Å². The number of rotatable bonds is 3. The Morgan fingerprint density at radius 3 is 2.86 bits per heavy atom. The Morgan fingerprint density at radius 2 is 2.14 bits per heavy atom. The Hall–Kier alpha value is -2.64. The van der Waals surface area contributed by atoms with Gasteiger partial charge in [-0.05, 0) is 30.7 Å². The first-order valence-corrected chi connectivity index (χ1v) is 6.71. The molecule has 0 radical (unpaired) electrons. The van der Waals surface area contributed by atoms with Crippen molar-refractivity contribution in [1.82, 2.24) is 10.3 Å². The maximum Gasteiger partial charge on any atom is 0.253 e. The third kappa shape index (κ3) is 3.91. The van der Waals surface area contributed by atoms with Gasteiger partial charge in [-0.15, -0.1) is 0 Å². The van der Waals surface area contributed by atoms with Gasteiger partial charge in [0.05, 0.1) is 18.2 Å². The summed E-state index contributed by atoms with van der Waals surface area (Å²) in [4.78, 5) is 16.4. The Kier molecular flexibility index (Phi) is 5.08. The van der Waals surface area contributed by atoms with Crippen molar-refractivity contribution in [3.8, 4) is 11.8 Å². The molecular weight excluding hydrogens is 262 g/mol. The van der Waals surface area contributed by atoms with Crippen LogP contribution >= 0.6 is 0 Å². The van der Waals surface area contributed by atoms with E-state index in [1.54, 1.807) is 18.5 Å². The number of benzene rings is 1. The number of nitrogens with zero attached hydrogens (tertiary/aromatic N) is 1. The van der Waals surface area contributed by atoms with E-state index in [1.165, 1.54) is 0 Å². The molecule has 106 valence electrons. The van der Waals surface area contributed by atoms with E-state index in [4.69, 9.17) is 5.73 Å². The molecule has 0 saturated carbocycles. The standard InChI is InChI=1S/C17H17N3O/c1-13(15-8-5-11-19-12-15)20-17(21)16-9-3-2-6-14(16)7-4-10-18/h2-3,5-6,8-9,11-13H,10,18H2,1H3,(H,20,21). The fourth-order valence-electron chi connectivity index (χ4n) is 1.93. The number of hydrogen-bond donors (Lipinski definition) is 2. The first-order valence-electron chi connectivity index (χ1n) is 6.71. The molecule has 0 spiro atoms. The Labute approximate surface area is 124 Å². The van der Waals surface area contributed by atoms with Crippen molar-refractivity contribution in [2.24, 2.45) is 5.73 Å². The second-order valence-electron chi connectivity index (χ2n) is 4.53. The van der Waals surface area contributed by atoms with Crippen LogP contribution < -0.4 is 11.1 Å². The molecule has 0 saturated heterocycles. The molecule has 0 aliphatic heterocycles. The highest BCUT2D eigenvalue weighted by Crippen LogP contribution is 2.13. The average Bonchev–Trinajstić information content (AvgIpc) is 2.54. The lowest BCUT2D eigenvalue weighted by molar-refractivity contribution is 0.0939. The van der Waals surface area contributed by atoms with Crippen LogP contribution in [0.25, 0.3) is 0 Å². The molecule has 0 aliphatic carbocycles. The van der Waals surface area contributed by atoms with E-state index in [0.717, 1.165) is 5.56 Å². The van der Waals surface area contributed by atoms with E-state index in [1.807, 2.05) is 37.3 Å². The van der Waals surface area contributed by atoms with Gasteiger partial charge in [-0.3, -0.25) is 9.78 Å². The van der Waals surface area contributed by atoms with Crippen LogP contribution in [0, 0.1) is 11.8 Å². The first kappa shape index (κ1) is 14.8. The van der Waals surface area contributed by atoms with Crippen molar-refractivity contribution >= 4 is 5.91 Å². The van der Waals surface area contributed by atoms with E-state index in [2.05, 4.69) is 22.1 Å². The molecule has 2 aromatic rings. The molecule has 4 nitrogen and oxygen atoms in total. The molecule has 0 aliphatic rings. The first-order chi connectivity index (χ1) is 10.2. The average molecular weight is 279 g/mol. The number of carbonyl (C=O) groups excluding carboxylic acids is 1. The number of nitrogens with one attached hydrogen (secondary N) is 1. The van der Waals surface area contributed by atoms with E-state index >= 15 is 0 Å². The number of carbonyl (C=O) groups is 1. The predicted octanol–water partition coefficient (Wildman–Crippen LogP) is 1.88. The molecule has 0 fully saturated rings. The highest BCUT2D eigenvalue weighted by molar-refractivity contribution is 5.96. The van der Waals surface area contributed by atoms with Gasteiger partial charge in [-0.1, -0.05) is 30.0 Å². The number of nitrogens with two attached hydrogens (primary N) is 1. The lowest BCUT2D eigenvalue weighted by Crippen LogP contribution is -2.27. The number of aromatic nitrogens is 1. The van der Waals surface area contributed by atoms with Crippen LogP contribution in [-0.4, -0.2) is 17.4 Å². The van der Waals surface area contributed by atoms with Gasteiger partial charge in [0.25, 0.3) is 5.91 Å². The smallest absolute Gasteiger partial charge is 0.253 e. The van der Waals surface area contributed by atoms with Gasteiger partial charge in [-0.25, -0.2) is 0 Å². The largest absolute Gasteiger partial charge is 0.345 e. The van der Waals surface area contributed by atoms with Gasteiger partial charge in [-0.2, -0.15) is 0 Å². The SMILES string of the molecule is CC(NC(=O)c1ccccc1C#CCN)c1cccnc1. The zero-order valence-electron chi connectivity index (χ0n) is 11.8. The second-order valence-corrected chi connectivity index (χ2v) is 4.53. The highest BCUT2D eigenvalue weighted by atomic mass is 16.1. The van der Waals surface area contributed by atoms with Gasteiger partial charge < -0.3 is 11.1 Å². The Balaban J connectivity index is 2.17. The molecule has 4 heteroatoms. The lowest BCUT2D eigenvalue weighted by Gasteiger charge is -2.14. The summed E-state index contributed by atoms with van der Waals surface area (Å²) in [6, 6.07) is 10.9. The van der Waals surface area contributed by atoms with Crippen LogP contribution in [0.2, 0.25) is 0 Å². The summed E-state index contributed by atoms with van der Waals surface area (Å²) in [7, 11) is 0. The highest BCUT2D eigenvalue weighted by Gasteiger charge is 2.13. The number of pyridine rings is 1. The lowest BCUT2D eigenvalue weighted by atomic mass is 10.1. The van der Waals surface area contributed by atoms with Crippen LogP contribution in [-0.2, 0) is 0 Å². The summed E-state index contributed by atoms with van der Waals surface area (Å²) in [5, 5.41) is 2.95. The van der Waals surface area contributed by atoms with Gasteiger partial charge in [0, 0.05) is 18.0 Å². The Morgan fingerprint density at radius 1 is 1.33 bits per heavy atom. The summed E-state index contributed by atoms with van der Waals surface area (Å²) in [6.45, 7) is 2.19. The van der Waals surface area contributed by atoms with Crippen molar-refractivity contribution in [3.05, 3.63) is 65.5 Å². The third-order valence-electron chi connectivity index (χ3n) is 3.03. The Bertz CT molecular complexity index is 671. The summed E-state index contributed by atoms with van der Waals surface area (Å²) in [5.41, 5.74) is 7.56. The van der Waals surface area contributed by atoms with Crippen LogP contribution in [0.1, 0.15) is 34.5 Å². The summed E-state index contributed by atoms with van der Waals surface area (Å²) < 4.78 is 0. The van der Waals surface area contributed by atoms with Crippen molar-refractivity contribution in [2.45, 2.75) is 13.0 Å². The van der Waals surface area contributed by atoms with E-state index in [-0.39, 0.29) is 18.5 Å². The van der Waals surface area contributed by atoms with E-state index in [9.17, 15) is 4.79 Å². The topological polar surface area (TPSA) is 68.0 Å². The molecule has 1 aromatic heterocycles. The van der Waals surface area contributed by atoms with Crippen LogP contribution in [0.3, 0.4) is 0 Å². The van der Waals surface area contributed by atoms with E-state index < -0.39 is 0 Å². The fraction of sp³-hybridized carbons (Fsp3) is 0.176. The van der Waals surface area contributed by atoms with Gasteiger partial charge in [0.2, 0.25) is 0 Å². The molecule has 2 rings (SSSR count). The number of amides is 1. The van der Waals surface area contributed by atoms with E-state index in [0.29, 0.717) is 11.1 Å². The predicted molar refractivity (Wildman–Crippen MR) is 82.5 cm³/mol. The monoisotopic (exact) mass is 279 g/mol. The van der Waals surface area contributed by atoms with Crippen LogP contribution in [0.4, 0.5) is 0 Å². The summed E-state index contributed by atoms with van der Waals surface area (Å²) in [6.07, 6.45) is 3.45. The second kappa shape index (κ2) is 7.22. The zero-order valence-corrected chi connectivity index (χ0v) is 11.8. The quantitative estimate of drug-likeness (QED) is 0.843. The van der Waals surface area contributed by atoms with Crippen molar-refractivity contribution < 1.29 is 4.79 Å². The van der Waals surface area contributed by atoms with Crippen molar-refractivity contribution in [2.75, 3.05) is 6.54 Å². The fourth-order valence-corrected chi connectivity index (χ4v) is 1.93. The van der Waals surface area contributed by atoms with Crippen LogP contribution in [0.15, 0.2) is 48.8 Å². The molecular formula is C17H17N3O. The minimum absolute atomic E-state index is 0.123. The van der Waals surface area contributed by atoms with Gasteiger partial charge in [0.15, 0.2) is 0 Å². The zero-order chi connectivity index (χ0) is 15.1. The maximum atomic E-state index is 12.4. The molecule has 1 heterocycles. The minimum atomic E-state index is -0.159. The van der Waals surface area contributed by atoms with Crippen LogP contribution in [0.5, 0.6) is 0 Å². The maximum absolute atomic E-state index is 12.4. The minimum Gasteiger partial charge on any atom is -0.345 e. The third-order valence-corrected chi connectivity index (χ3v) is 3.03. The molecule has 1 atom stereocenters. The molecule has 1 aromatic carbocycles. The van der Waals surface area contributed by atoms with Crippen molar-refractivity contribution in [3.63, 3.8) is 0 Å². The summed E-state index contributed by atoms with van der Waals surface area (Å²) >= 11 is 0. The molecule has 0 bridgehead atoms. The number of hydrogen-bond acceptors (Lipinski definition) is 3. The molecule has 21 heavy (non-hydrogen) atoms. The summed E-state index contributed by atoms with van der Waals surface area (Å²) in [5.74, 6) is 5.53.